The quantitative estimate of drug-likeness (QED) is 0.927. The van der Waals surface area contributed by atoms with Gasteiger partial charge in [0.2, 0.25) is 5.91 Å². The Labute approximate surface area is 130 Å². The monoisotopic (exact) mass is 304 g/mol. The second-order valence-corrected chi connectivity index (χ2v) is 7.34. The van der Waals surface area contributed by atoms with Crippen LogP contribution in [0.1, 0.15) is 37.7 Å². The summed E-state index contributed by atoms with van der Waals surface area (Å²) in [5.41, 5.74) is 1.06. The highest BCUT2D eigenvalue weighted by Crippen LogP contribution is 2.45. The number of nitrogens with one attached hydrogen (secondary N) is 1. The number of carbonyl (C=O) groups is 1. The third-order valence-electron chi connectivity index (χ3n) is 5.39. The van der Waals surface area contributed by atoms with Gasteiger partial charge >= 0.3 is 0 Å². The maximum absolute atomic E-state index is 12.4. The fourth-order valence-electron chi connectivity index (χ4n) is 4.09. The van der Waals surface area contributed by atoms with Gasteiger partial charge in [0.25, 0.3) is 0 Å². The molecule has 4 heteroatoms. The number of amides is 1. The second kappa shape index (κ2) is 4.99. The molecule has 2 atom stereocenters. The number of benzene rings is 1. The molecule has 3 fully saturated rings. The third kappa shape index (κ3) is 2.58. The highest BCUT2D eigenvalue weighted by atomic mass is 35.5. The second-order valence-electron chi connectivity index (χ2n) is 6.90. The summed E-state index contributed by atoms with van der Waals surface area (Å²) < 4.78 is 0. The molecule has 112 valence electrons. The van der Waals surface area contributed by atoms with Crippen molar-refractivity contribution in [3.8, 4) is 0 Å². The van der Waals surface area contributed by atoms with Crippen LogP contribution in [-0.4, -0.2) is 29.9 Å². The molecular formula is C17H21ClN2O. The number of halogens is 1. The van der Waals surface area contributed by atoms with Crippen molar-refractivity contribution in [1.82, 2.24) is 10.2 Å². The molecule has 0 unspecified atom stereocenters. The number of carbonyl (C=O) groups excluding carboxylic acids is 1. The number of rotatable bonds is 4. The molecule has 4 rings (SSSR count). The van der Waals surface area contributed by atoms with Gasteiger partial charge in [0.05, 0.1) is 12.1 Å². The number of likely N-dealkylation sites (tertiary alicyclic amines) is 1. The predicted molar refractivity (Wildman–Crippen MR) is 83.2 cm³/mol. The van der Waals surface area contributed by atoms with Crippen molar-refractivity contribution < 1.29 is 4.79 Å². The van der Waals surface area contributed by atoms with E-state index in [4.69, 9.17) is 11.6 Å². The molecule has 1 N–H and O–H groups in total. The smallest absolute Gasteiger partial charge is 0.234 e. The van der Waals surface area contributed by atoms with Gasteiger partial charge in [0, 0.05) is 17.6 Å². The van der Waals surface area contributed by atoms with Gasteiger partial charge in [0.15, 0.2) is 0 Å². The summed E-state index contributed by atoms with van der Waals surface area (Å²) in [7, 11) is 0. The molecule has 0 aromatic heterocycles. The molecular weight excluding hydrogens is 284 g/mol. The first-order chi connectivity index (χ1) is 10.1. The Morgan fingerprint density at radius 1 is 1.29 bits per heavy atom. The van der Waals surface area contributed by atoms with Crippen molar-refractivity contribution >= 4 is 17.5 Å². The largest absolute Gasteiger partial charge is 0.345 e. The molecule has 21 heavy (non-hydrogen) atoms. The summed E-state index contributed by atoms with van der Waals surface area (Å²) in [5, 5.41) is 4.01. The van der Waals surface area contributed by atoms with E-state index in [2.05, 4.69) is 10.2 Å². The van der Waals surface area contributed by atoms with E-state index >= 15 is 0 Å². The van der Waals surface area contributed by atoms with Gasteiger partial charge in [-0.25, -0.2) is 0 Å². The zero-order valence-corrected chi connectivity index (χ0v) is 12.9. The summed E-state index contributed by atoms with van der Waals surface area (Å²) in [6.45, 7) is 1.68. The zero-order chi connectivity index (χ0) is 14.4. The number of hydrogen-bond donors (Lipinski definition) is 1. The van der Waals surface area contributed by atoms with E-state index in [-0.39, 0.29) is 11.4 Å². The summed E-state index contributed by atoms with van der Waals surface area (Å²) in [6.07, 6.45) is 6.01. The first-order valence-electron chi connectivity index (χ1n) is 7.96. The highest BCUT2D eigenvalue weighted by Gasteiger charge is 2.46. The van der Waals surface area contributed by atoms with Gasteiger partial charge in [-0.1, -0.05) is 23.7 Å². The van der Waals surface area contributed by atoms with Gasteiger partial charge in [-0.3, -0.25) is 9.69 Å². The summed E-state index contributed by atoms with van der Waals surface area (Å²) in [6, 6.07) is 8.54. The van der Waals surface area contributed by atoms with Crippen molar-refractivity contribution in [2.24, 2.45) is 5.92 Å². The first kappa shape index (κ1) is 13.6. The molecule has 2 saturated carbocycles. The number of hydrogen-bond acceptors (Lipinski definition) is 2. The molecule has 1 saturated heterocycles. The highest BCUT2D eigenvalue weighted by molar-refractivity contribution is 6.30. The molecule has 3 nitrogen and oxygen atoms in total. The fourth-order valence-corrected chi connectivity index (χ4v) is 4.22. The topological polar surface area (TPSA) is 32.3 Å². The van der Waals surface area contributed by atoms with E-state index in [9.17, 15) is 4.79 Å². The average Bonchev–Trinajstić information content (AvgIpc) is 2.94. The molecule has 1 aliphatic heterocycles. The summed E-state index contributed by atoms with van der Waals surface area (Å²) in [4.78, 5) is 14.8. The lowest BCUT2D eigenvalue weighted by Crippen LogP contribution is -2.44. The minimum Gasteiger partial charge on any atom is -0.345 e. The molecule has 1 amide bonds. The molecule has 0 spiro atoms. The van der Waals surface area contributed by atoms with Crippen LogP contribution in [-0.2, 0) is 10.3 Å². The minimum absolute atomic E-state index is 0.125. The molecule has 2 aliphatic carbocycles. The van der Waals surface area contributed by atoms with Crippen LogP contribution in [0.2, 0.25) is 5.02 Å². The van der Waals surface area contributed by atoms with E-state index in [1.54, 1.807) is 0 Å². The number of fused-ring (bicyclic) bond motifs is 2. The van der Waals surface area contributed by atoms with E-state index in [0.29, 0.717) is 12.6 Å². The van der Waals surface area contributed by atoms with Crippen molar-refractivity contribution in [3.63, 3.8) is 0 Å². The van der Waals surface area contributed by atoms with Crippen molar-refractivity contribution in [3.05, 3.63) is 34.9 Å². The van der Waals surface area contributed by atoms with Gasteiger partial charge in [-0.15, -0.1) is 0 Å². The lowest BCUT2D eigenvalue weighted by molar-refractivity contribution is -0.123. The van der Waals surface area contributed by atoms with E-state index in [1.165, 1.54) is 24.8 Å². The minimum atomic E-state index is -0.125. The van der Waals surface area contributed by atoms with Crippen LogP contribution in [0.3, 0.4) is 0 Å². The Morgan fingerprint density at radius 2 is 2.05 bits per heavy atom. The Kier molecular flexibility index (Phi) is 3.23. The molecule has 2 bridgehead atoms. The van der Waals surface area contributed by atoms with Crippen LogP contribution < -0.4 is 5.32 Å². The summed E-state index contributed by atoms with van der Waals surface area (Å²) >= 11 is 5.94. The van der Waals surface area contributed by atoms with Gasteiger partial charge in [-0.2, -0.15) is 0 Å². The van der Waals surface area contributed by atoms with Crippen LogP contribution in [0.15, 0.2) is 24.3 Å². The maximum atomic E-state index is 12.4. The maximum Gasteiger partial charge on any atom is 0.234 e. The van der Waals surface area contributed by atoms with Crippen LogP contribution in [0.4, 0.5) is 0 Å². The summed E-state index contributed by atoms with van der Waals surface area (Å²) in [5.74, 6) is 1.02. The molecule has 0 radical (unpaired) electrons. The number of nitrogens with zero attached hydrogens (tertiary/aromatic N) is 1. The van der Waals surface area contributed by atoms with E-state index in [1.807, 2.05) is 24.3 Å². The Bertz CT molecular complexity index is 552. The Morgan fingerprint density at radius 3 is 2.62 bits per heavy atom. The molecule has 1 aromatic carbocycles. The van der Waals surface area contributed by atoms with Crippen molar-refractivity contribution in [1.29, 1.82) is 0 Å². The molecule has 1 heterocycles. The number of piperidine rings is 1. The van der Waals surface area contributed by atoms with Crippen LogP contribution in [0.5, 0.6) is 0 Å². The van der Waals surface area contributed by atoms with Gasteiger partial charge < -0.3 is 5.32 Å². The standard InChI is InChI=1S/C17H21ClN2O/c18-14-4-2-13(3-5-14)17(7-8-17)19-16(21)11-20-10-12-1-6-15(20)9-12/h2-5,12,15H,1,6-11H2,(H,19,21)/t12-,15+/m1/s1. The Hall–Kier alpha value is -1.06. The van der Waals surface area contributed by atoms with Crippen LogP contribution in [0.25, 0.3) is 0 Å². The first-order valence-corrected chi connectivity index (χ1v) is 8.33. The van der Waals surface area contributed by atoms with Gasteiger partial charge in [-0.05, 0) is 55.7 Å². The van der Waals surface area contributed by atoms with Crippen LogP contribution in [0, 0.1) is 5.92 Å². The third-order valence-corrected chi connectivity index (χ3v) is 5.65. The lowest BCUT2D eigenvalue weighted by atomic mass is 10.0. The van der Waals surface area contributed by atoms with E-state index in [0.717, 1.165) is 30.3 Å². The predicted octanol–water partition coefficient (Wildman–Crippen LogP) is 2.93. The van der Waals surface area contributed by atoms with Crippen molar-refractivity contribution in [2.45, 2.75) is 43.7 Å². The SMILES string of the molecule is O=C(CN1C[C@@H]2CC[C@H]1C2)NC1(c2ccc(Cl)cc2)CC1. The fraction of sp³-hybridized carbons (Fsp3) is 0.588. The van der Waals surface area contributed by atoms with E-state index < -0.39 is 0 Å². The molecule has 3 aliphatic rings. The average molecular weight is 305 g/mol. The lowest BCUT2D eigenvalue weighted by Gasteiger charge is -2.27. The Balaban J connectivity index is 1.39. The van der Waals surface area contributed by atoms with Gasteiger partial charge in [0.1, 0.15) is 0 Å². The normalized spacial score (nSPS) is 29.6. The van der Waals surface area contributed by atoms with Crippen molar-refractivity contribution in [2.75, 3.05) is 13.1 Å². The molecule has 1 aromatic rings. The zero-order valence-electron chi connectivity index (χ0n) is 12.1. The van der Waals surface area contributed by atoms with Crippen LogP contribution >= 0.6 is 11.6 Å².